The Morgan fingerprint density at radius 2 is 0.647 bits per heavy atom. The topological polar surface area (TPSA) is 55.1 Å². The summed E-state index contributed by atoms with van der Waals surface area (Å²) in [6, 6.07) is 88.7. The second kappa shape index (κ2) is 17.7. The molecule has 0 radical (unpaired) electrons. The molecule has 10 aromatic carbocycles. The number of rotatable bonds is 10. The number of fused-ring (bicyclic) bond motifs is 2. The van der Waals surface area contributed by atoms with Crippen molar-refractivity contribution in [3.63, 3.8) is 0 Å². The van der Waals surface area contributed by atoms with Gasteiger partial charge in [-0.25, -0.2) is 15.0 Å². The van der Waals surface area contributed by atoms with Gasteiger partial charge < -0.3 is 9.32 Å². The summed E-state index contributed by atoms with van der Waals surface area (Å²) < 4.78 is 6.12. The van der Waals surface area contributed by atoms with Crippen molar-refractivity contribution >= 4 is 39.2 Å². The standard InChI is InChI=1S/C63H42N4O/c1-5-19-43(20-6-1)51-27-13-15-29-53(51)55-41-42-56(54-30-16-14-28-52(54)44-21-7-2-8-22-44)62-61(55)65-59(45-23-9-3-10-24-45)60(66-62)46-33-37-49(38-34-46)67(48-25-11-4-12-26-48)50-39-35-47(36-40-50)63-64-57-31-17-18-32-58(57)68-63/h1-42H. The molecule has 0 aliphatic heterocycles. The number of benzene rings is 10. The van der Waals surface area contributed by atoms with Gasteiger partial charge >= 0.3 is 0 Å². The summed E-state index contributed by atoms with van der Waals surface area (Å²) in [4.78, 5) is 18.5. The molecule has 0 aliphatic carbocycles. The lowest BCUT2D eigenvalue weighted by Gasteiger charge is -2.26. The molecule has 2 heterocycles. The first-order valence-corrected chi connectivity index (χ1v) is 22.8. The zero-order valence-electron chi connectivity index (χ0n) is 36.9. The number of hydrogen-bond acceptors (Lipinski definition) is 5. The van der Waals surface area contributed by atoms with Gasteiger partial charge in [0.1, 0.15) is 5.52 Å². The molecule has 320 valence electrons. The van der Waals surface area contributed by atoms with Gasteiger partial charge in [-0.1, -0.05) is 194 Å². The maximum atomic E-state index is 6.12. The third kappa shape index (κ3) is 7.58. The number of hydrogen-bond donors (Lipinski definition) is 0. The van der Waals surface area contributed by atoms with E-state index >= 15 is 0 Å². The maximum Gasteiger partial charge on any atom is 0.227 e. The summed E-state index contributed by atoms with van der Waals surface area (Å²) in [7, 11) is 0. The average Bonchev–Trinajstić information content (AvgIpc) is 3.87. The fourth-order valence-electron chi connectivity index (χ4n) is 9.29. The van der Waals surface area contributed by atoms with Crippen molar-refractivity contribution in [3.05, 3.63) is 255 Å². The zero-order valence-corrected chi connectivity index (χ0v) is 36.9. The van der Waals surface area contributed by atoms with Gasteiger partial charge in [0.15, 0.2) is 5.58 Å². The summed E-state index contributed by atoms with van der Waals surface area (Å²) in [5, 5.41) is 0. The van der Waals surface area contributed by atoms with Crippen LogP contribution in [-0.2, 0) is 0 Å². The average molecular weight is 871 g/mol. The van der Waals surface area contributed by atoms with Crippen molar-refractivity contribution in [3.8, 4) is 78.5 Å². The predicted molar refractivity (Wildman–Crippen MR) is 280 cm³/mol. The lowest BCUT2D eigenvalue weighted by atomic mass is 9.89. The van der Waals surface area contributed by atoms with Crippen LogP contribution >= 0.6 is 0 Å². The molecule has 2 aromatic heterocycles. The molecule has 0 atom stereocenters. The highest BCUT2D eigenvalue weighted by atomic mass is 16.3. The van der Waals surface area contributed by atoms with Crippen molar-refractivity contribution in [2.24, 2.45) is 0 Å². The molecule has 0 N–H and O–H groups in total. The molecule has 0 aliphatic rings. The van der Waals surface area contributed by atoms with Gasteiger partial charge in [0.25, 0.3) is 0 Å². The highest BCUT2D eigenvalue weighted by Gasteiger charge is 2.22. The summed E-state index contributed by atoms with van der Waals surface area (Å²) in [5.74, 6) is 0.596. The van der Waals surface area contributed by atoms with Gasteiger partial charge in [0.05, 0.1) is 22.4 Å². The van der Waals surface area contributed by atoms with Gasteiger partial charge in [-0.3, -0.25) is 0 Å². The van der Waals surface area contributed by atoms with Crippen LogP contribution in [0, 0.1) is 0 Å². The molecule has 0 bridgehead atoms. The van der Waals surface area contributed by atoms with Gasteiger partial charge in [-0.15, -0.1) is 0 Å². The molecule has 5 heteroatoms. The molecule has 5 nitrogen and oxygen atoms in total. The Kier molecular flexibility index (Phi) is 10.5. The van der Waals surface area contributed by atoms with Crippen LogP contribution < -0.4 is 4.90 Å². The summed E-state index contributed by atoms with van der Waals surface area (Å²) in [6.07, 6.45) is 0. The summed E-state index contributed by atoms with van der Waals surface area (Å²) >= 11 is 0. The van der Waals surface area contributed by atoms with E-state index in [1.165, 1.54) is 0 Å². The van der Waals surface area contributed by atoms with Gasteiger partial charge in [0, 0.05) is 44.9 Å². The lowest BCUT2D eigenvalue weighted by Crippen LogP contribution is -2.09. The minimum Gasteiger partial charge on any atom is -0.436 e. The Bertz CT molecular complexity index is 3670. The zero-order chi connectivity index (χ0) is 45.2. The van der Waals surface area contributed by atoms with Gasteiger partial charge in [0.2, 0.25) is 5.89 Å². The van der Waals surface area contributed by atoms with Crippen LogP contribution in [0.2, 0.25) is 0 Å². The fourth-order valence-corrected chi connectivity index (χ4v) is 9.29. The van der Waals surface area contributed by atoms with Crippen molar-refractivity contribution in [1.82, 2.24) is 15.0 Å². The van der Waals surface area contributed by atoms with Crippen LogP contribution in [0.5, 0.6) is 0 Å². The third-order valence-electron chi connectivity index (χ3n) is 12.6. The Morgan fingerprint density at radius 1 is 0.265 bits per heavy atom. The van der Waals surface area contributed by atoms with E-state index in [-0.39, 0.29) is 0 Å². The van der Waals surface area contributed by atoms with E-state index in [1.54, 1.807) is 0 Å². The predicted octanol–water partition coefficient (Wildman–Crippen LogP) is 16.9. The second-order valence-corrected chi connectivity index (χ2v) is 16.7. The highest BCUT2D eigenvalue weighted by molar-refractivity contribution is 6.06. The minimum absolute atomic E-state index is 0.596. The van der Waals surface area contributed by atoms with E-state index in [2.05, 4.69) is 223 Å². The molecular formula is C63H42N4O. The highest BCUT2D eigenvalue weighted by Crippen LogP contribution is 2.44. The third-order valence-corrected chi connectivity index (χ3v) is 12.6. The van der Waals surface area contributed by atoms with Crippen LogP contribution in [0.3, 0.4) is 0 Å². The Balaban J connectivity index is 1.04. The van der Waals surface area contributed by atoms with Crippen molar-refractivity contribution in [2.75, 3.05) is 4.90 Å². The van der Waals surface area contributed by atoms with Gasteiger partial charge in [-0.05, 0) is 94.0 Å². The molecule has 68 heavy (non-hydrogen) atoms. The summed E-state index contributed by atoms with van der Waals surface area (Å²) in [6.45, 7) is 0. The van der Waals surface area contributed by atoms with E-state index in [9.17, 15) is 0 Å². The molecule has 0 spiro atoms. The monoisotopic (exact) mass is 870 g/mol. The first kappa shape index (κ1) is 40.3. The first-order chi connectivity index (χ1) is 33.7. The molecule has 0 saturated heterocycles. The molecular weight excluding hydrogens is 829 g/mol. The smallest absolute Gasteiger partial charge is 0.227 e. The van der Waals surface area contributed by atoms with Gasteiger partial charge in [-0.2, -0.15) is 0 Å². The van der Waals surface area contributed by atoms with Crippen LogP contribution in [0.1, 0.15) is 0 Å². The van der Waals surface area contributed by atoms with Crippen LogP contribution in [0.15, 0.2) is 259 Å². The van der Waals surface area contributed by atoms with Crippen molar-refractivity contribution < 1.29 is 4.42 Å². The van der Waals surface area contributed by atoms with Crippen LogP contribution in [0.25, 0.3) is 101 Å². The SMILES string of the molecule is c1ccc(-c2ccccc2-c2ccc(-c3ccccc3-c3ccccc3)c3nc(-c4ccc(N(c5ccccc5)c5ccc(-c6nc7ccccc7o6)cc5)cc4)c(-c4ccccc4)nc23)cc1. The Morgan fingerprint density at radius 3 is 1.15 bits per heavy atom. The van der Waals surface area contributed by atoms with Crippen LogP contribution in [0.4, 0.5) is 17.1 Å². The number of anilines is 3. The normalized spacial score (nSPS) is 11.2. The van der Waals surface area contributed by atoms with Crippen molar-refractivity contribution in [1.29, 1.82) is 0 Å². The molecule has 12 rings (SSSR count). The van der Waals surface area contributed by atoms with Crippen molar-refractivity contribution in [2.45, 2.75) is 0 Å². The number of aromatic nitrogens is 3. The number of oxazole rings is 1. The molecule has 0 amide bonds. The van der Waals surface area contributed by atoms with E-state index in [4.69, 9.17) is 19.4 Å². The van der Waals surface area contributed by atoms with E-state index in [0.29, 0.717) is 5.89 Å². The Hall–Kier alpha value is -9.19. The van der Waals surface area contributed by atoms with E-state index in [1.807, 2.05) is 36.4 Å². The first-order valence-electron chi connectivity index (χ1n) is 22.8. The maximum absolute atomic E-state index is 6.12. The number of nitrogens with zero attached hydrogens (tertiary/aromatic N) is 4. The van der Waals surface area contributed by atoms with E-state index < -0.39 is 0 Å². The second-order valence-electron chi connectivity index (χ2n) is 16.7. The lowest BCUT2D eigenvalue weighted by molar-refractivity contribution is 0.620. The largest absolute Gasteiger partial charge is 0.436 e. The fraction of sp³-hybridized carbons (Fsp3) is 0. The molecule has 12 aromatic rings. The molecule has 0 saturated carbocycles. The van der Waals surface area contributed by atoms with E-state index in [0.717, 1.165) is 112 Å². The van der Waals surface area contributed by atoms with Crippen LogP contribution in [-0.4, -0.2) is 15.0 Å². The summed E-state index contributed by atoms with van der Waals surface area (Å²) in [5.41, 5.74) is 19.6. The Labute approximate surface area is 395 Å². The molecule has 0 fully saturated rings. The number of para-hydroxylation sites is 3. The quantitative estimate of drug-likeness (QED) is 0.137. The molecule has 0 unspecified atom stereocenters. The minimum atomic E-state index is 0.596.